The Labute approximate surface area is 141 Å². The first-order valence-electron chi connectivity index (χ1n) is 7.18. The molecule has 0 radical (unpaired) electrons. The predicted octanol–water partition coefficient (Wildman–Crippen LogP) is 0.241. The standard InChI is InChI=1S/C12H18N5O5PS/c1-6-3-12(2,4-21-23(19,20)24)22-10(6)17-5-14-7-8(17)15-11(13)16-9(7)18/h5-6,10H,3-4H2,1-2H3,(H2,19,20,24)(H3,13,15,16,18)/t6-,10-,12+/m1/s1. The summed E-state index contributed by atoms with van der Waals surface area (Å²) in [6.07, 6.45) is 1.61. The number of H-pyrrole nitrogens is 1. The fourth-order valence-electron chi connectivity index (χ4n) is 3.01. The van der Waals surface area contributed by atoms with Gasteiger partial charge >= 0.3 is 6.72 Å². The maximum atomic E-state index is 11.9. The molecule has 0 bridgehead atoms. The van der Waals surface area contributed by atoms with Gasteiger partial charge in [-0.05, 0) is 25.2 Å². The van der Waals surface area contributed by atoms with E-state index in [9.17, 15) is 14.6 Å². The Balaban J connectivity index is 1.91. The van der Waals surface area contributed by atoms with E-state index in [0.717, 1.165) is 0 Å². The zero-order valence-corrected chi connectivity index (χ0v) is 14.8. The maximum absolute atomic E-state index is 11.9. The highest BCUT2D eigenvalue weighted by molar-refractivity contribution is 8.06. The van der Waals surface area contributed by atoms with Crippen molar-refractivity contribution in [2.45, 2.75) is 32.1 Å². The molecule has 1 saturated heterocycles. The van der Waals surface area contributed by atoms with E-state index < -0.39 is 24.1 Å². The van der Waals surface area contributed by atoms with Crippen LogP contribution in [0.4, 0.5) is 5.95 Å². The molecule has 0 unspecified atom stereocenters. The summed E-state index contributed by atoms with van der Waals surface area (Å²) in [4.78, 5) is 40.9. The topological polar surface area (TPSA) is 149 Å². The minimum atomic E-state index is -3.75. The molecule has 3 rings (SSSR count). The summed E-state index contributed by atoms with van der Waals surface area (Å²) in [6.45, 7) is -0.0489. The summed E-state index contributed by atoms with van der Waals surface area (Å²) in [5.41, 5.74) is 4.92. The number of imidazole rings is 1. The average molecular weight is 375 g/mol. The molecule has 3 atom stereocenters. The van der Waals surface area contributed by atoms with Gasteiger partial charge in [0.25, 0.3) is 5.56 Å². The van der Waals surface area contributed by atoms with Gasteiger partial charge in [0, 0.05) is 5.92 Å². The zero-order valence-electron chi connectivity index (χ0n) is 13.0. The molecule has 24 heavy (non-hydrogen) atoms. The van der Waals surface area contributed by atoms with Crippen LogP contribution < -0.4 is 11.3 Å². The number of hydrogen-bond donors (Lipinski definition) is 4. The predicted molar refractivity (Wildman–Crippen MR) is 89.5 cm³/mol. The lowest BCUT2D eigenvalue weighted by Crippen LogP contribution is -2.30. The number of hydrogen-bond acceptors (Lipinski definition) is 7. The first kappa shape index (κ1) is 17.5. The Morgan fingerprint density at radius 3 is 3.04 bits per heavy atom. The third-order valence-electron chi connectivity index (χ3n) is 3.91. The summed E-state index contributed by atoms with van der Waals surface area (Å²) in [5, 5.41) is 0. The molecular weight excluding hydrogens is 357 g/mol. The van der Waals surface area contributed by atoms with Crippen LogP contribution in [0.3, 0.4) is 0 Å². The zero-order chi connectivity index (χ0) is 17.7. The fourth-order valence-corrected chi connectivity index (χ4v) is 3.61. The number of aromatic nitrogens is 4. The number of anilines is 1. The van der Waals surface area contributed by atoms with Gasteiger partial charge in [0.15, 0.2) is 11.2 Å². The van der Waals surface area contributed by atoms with Crippen LogP contribution in [0.5, 0.6) is 0 Å². The van der Waals surface area contributed by atoms with Crippen molar-refractivity contribution in [1.29, 1.82) is 0 Å². The highest BCUT2D eigenvalue weighted by atomic mass is 32.5. The number of nitrogens with two attached hydrogens (primary N) is 1. The Kier molecular flexibility index (Phi) is 4.27. The Bertz CT molecular complexity index is 878. The lowest BCUT2D eigenvalue weighted by Gasteiger charge is -2.25. The molecule has 2 aromatic rings. The van der Waals surface area contributed by atoms with Crippen LogP contribution in [0.2, 0.25) is 0 Å². The van der Waals surface area contributed by atoms with Crippen molar-refractivity contribution < 1.29 is 19.0 Å². The van der Waals surface area contributed by atoms with Crippen molar-refractivity contribution in [1.82, 2.24) is 19.5 Å². The van der Waals surface area contributed by atoms with Gasteiger partial charge < -0.3 is 24.8 Å². The number of nitrogens with zero attached hydrogens (tertiary/aromatic N) is 3. The van der Waals surface area contributed by atoms with Gasteiger partial charge in [-0.2, -0.15) is 4.98 Å². The number of nitrogen functional groups attached to an aromatic ring is 1. The number of aromatic amines is 1. The molecule has 0 aliphatic carbocycles. The van der Waals surface area contributed by atoms with Gasteiger partial charge in [0.2, 0.25) is 5.95 Å². The highest BCUT2D eigenvalue weighted by Gasteiger charge is 2.43. The van der Waals surface area contributed by atoms with Crippen molar-refractivity contribution >= 4 is 35.6 Å². The number of nitrogens with one attached hydrogen (secondary N) is 1. The molecular formula is C12H18N5O5PS. The third-order valence-corrected chi connectivity index (χ3v) is 4.69. The first-order valence-corrected chi connectivity index (χ1v) is 9.81. The minimum absolute atomic E-state index is 0.00718. The molecule has 0 spiro atoms. The molecule has 1 aliphatic rings. The molecule has 2 aromatic heterocycles. The van der Waals surface area contributed by atoms with Gasteiger partial charge in [-0.1, -0.05) is 6.92 Å². The first-order chi connectivity index (χ1) is 11.1. The molecule has 0 saturated carbocycles. The summed E-state index contributed by atoms with van der Waals surface area (Å²) < 4.78 is 12.6. The SMILES string of the molecule is C[C@@H]1C[C@@](C)(COP(O)(O)=S)O[C@H]1n1cnc2c(=O)[nH]c(N)nc21. The van der Waals surface area contributed by atoms with E-state index in [1.165, 1.54) is 6.33 Å². The van der Waals surface area contributed by atoms with Crippen molar-refractivity contribution in [3.8, 4) is 0 Å². The van der Waals surface area contributed by atoms with E-state index >= 15 is 0 Å². The second kappa shape index (κ2) is 5.87. The van der Waals surface area contributed by atoms with Gasteiger partial charge in [0.05, 0.1) is 18.5 Å². The molecule has 12 heteroatoms. The Morgan fingerprint density at radius 1 is 1.67 bits per heavy atom. The van der Waals surface area contributed by atoms with Gasteiger partial charge in [-0.15, -0.1) is 0 Å². The Hall–Kier alpha value is -1.36. The van der Waals surface area contributed by atoms with Crippen molar-refractivity contribution in [3.05, 3.63) is 16.7 Å². The number of ether oxygens (including phenoxy) is 1. The molecule has 5 N–H and O–H groups in total. The second-order valence-electron chi connectivity index (χ2n) is 6.18. The normalized spacial score (nSPS) is 27.8. The van der Waals surface area contributed by atoms with E-state index in [1.54, 1.807) is 11.5 Å². The average Bonchev–Trinajstić information content (AvgIpc) is 2.98. The number of rotatable bonds is 4. The van der Waals surface area contributed by atoms with Crippen LogP contribution in [0, 0.1) is 5.92 Å². The quantitative estimate of drug-likeness (QED) is 0.551. The molecule has 10 nitrogen and oxygen atoms in total. The van der Waals surface area contributed by atoms with Crippen LogP contribution in [-0.2, 0) is 21.1 Å². The minimum Gasteiger partial charge on any atom is -0.369 e. The van der Waals surface area contributed by atoms with E-state index in [4.69, 9.17) is 15.0 Å². The third kappa shape index (κ3) is 3.37. The van der Waals surface area contributed by atoms with Crippen LogP contribution in [0.25, 0.3) is 11.2 Å². The van der Waals surface area contributed by atoms with Crippen molar-refractivity contribution in [2.24, 2.45) is 5.92 Å². The largest absolute Gasteiger partial charge is 0.369 e. The number of fused-ring (bicyclic) bond motifs is 1. The van der Waals surface area contributed by atoms with Crippen LogP contribution in [-0.4, -0.2) is 41.5 Å². The highest BCUT2D eigenvalue weighted by Crippen LogP contribution is 2.45. The Morgan fingerprint density at radius 2 is 2.38 bits per heavy atom. The van der Waals surface area contributed by atoms with Crippen LogP contribution in [0.1, 0.15) is 26.5 Å². The van der Waals surface area contributed by atoms with Crippen LogP contribution in [0.15, 0.2) is 11.1 Å². The maximum Gasteiger partial charge on any atom is 0.321 e. The fraction of sp³-hybridized carbons (Fsp3) is 0.583. The van der Waals surface area contributed by atoms with E-state index in [1.807, 2.05) is 6.92 Å². The van der Waals surface area contributed by atoms with Crippen molar-refractivity contribution in [3.63, 3.8) is 0 Å². The molecule has 0 amide bonds. The van der Waals surface area contributed by atoms with Gasteiger partial charge in [-0.25, -0.2) is 4.98 Å². The van der Waals surface area contributed by atoms with Crippen molar-refractivity contribution in [2.75, 3.05) is 12.3 Å². The molecule has 3 heterocycles. The van der Waals surface area contributed by atoms with Gasteiger partial charge in [-0.3, -0.25) is 14.3 Å². The summed E-state index contributed by atoms with van der Waals surface area (Å²) in [5.74, 6) is 0.0285. The summed E-state index contributed by atoms with van der Waals surface area (Å²) >= 11 is 4.47. The second-order valence-corrected chi connectivity index (χ2v) is 8.85. The molecule has 1 fully saturated rings. The summed E-state index contributed by atoms with van der Waals surface area (Å²) in [7, 11) is 0. The van der Waals surface area contributed by atoms with E-state index in [0.29, 0.717) is 12.1 Å². The van der Waals surface area contributed by atoms with Crippen LogP contribution >= 0.6 is 6.72 Å². The summed E-state index contributed by atoms with van der Waals surface area (Å²) in [6, 6.07) is 0. The van der Waals surface area contributed by atoms with Gasteiger partial charge in [0.1, 0.15) is 6.23 Å². The lowest BCUT2D eigenvalue weighted by atomic mass is 9.97. The molecule has 1 aliphatic heterocycles. The molecule has 132 valence electrons. The smallest absolute Gasteiger partial charge is 0.321 e. The van der Waals surface area contributed by atoms with E-state index in [-0.39, 0.29) is 24.0 Å². The molecule has 0 aromatic carbocycles. The monoisotopic (exact) mass is 375 g/mol. The van der Waals surface area contributed by atoms with E-state index in [2.05, 4.69) is 26.8 Å². The lowest BCUT2D eigenvalue weighted by molar-refractivity contribution is -0.0865.